The molecular weight excluding hydrogens is 268 g/mol. The first-order valence-electron chi connectivity index (χ1n) is 5.78. The van der Waals surface area contributed by atoms with Gasteiger partial charge in [-0.1, -0.05) is 6.07 Å². The van der Waals surface area contributed by atoms with Crippen LogP contribution >= 0.6 is 0 Å². The second kappa shape index (κ2) is 5.24. The summed E-state index contributed by atoms with van der Waals surface area (Å²) in [5.41, 5.74) is -1.09. The molecular formula is C14H11F2NO3. The van der Waals surface area contributed by atoms with Gasteiger partial charge in [-0.3, -0.25) is 4.79 Å². The monoisotopic (exact) mass is 279 g/mol. The molecule has 2 aromatic rings. The van der Waals surface area contributed by atoms with Gasteiger partial charge in [-0.15, -0.1) is 0 Å². The van der Waals surface area contributed by atoms with Crippen molar-refractivity contribution in [2.45, 2.75) is 13.5 Å². The van der Waals surface area contributed by atoms with Crippen molar-refractivity contribution in [3.63, 3.8) is 0 Å². The van der Waals surface area contributed by atoms with Gasteiger partial charge in [0.2, 0.25) is 0 Å². The zero-order valence-corrected chi connectivity index (χ0v) is 10.6. The Bertz CT molecular complexity index is 717. The summed E-state index contributed by atoms with van der Waals surface area (Å²) in [5.74, 6) is -2.94. The van der Waals surface area contributed by atoms with Crippen molar-refractivity contribution in [1.29, 1.82) is 0 Å². The van der Waals surface area contributed by atoms with E-state index in [4.69, 9.17) is 5.11 Å². The van der Waals surface area contributed by atoms with Crippen LogP contribution in [0.25, 0.3) is 0 Å². The standard InChI is InChI=1S/C14H11F2NO3/c1-8-5-6-9(14(19)20)13(18)17(8)7-10-11(15)3-2-4-12(10)16/h2-6H,7H2,1H3,(H,19,20). The maximum absolute atomic E-state index is 13.6. The summed E-state index contributed by atoms with van der Waals surface area (Å²) in [6, 6.07) is 5.98. The van der Waals surface area contributed by atoms with Crippen LogP contribution in [0.2, 0.25) is 0 Å². The number of nitrogens with zero attached hydrogens (tertiary/aromatic N) is 1. The van der Waals surface area contributed by atoms with Gasteiger partial charge < -0.3 is 9.67 Å². The second-order valence-corrected chi connectivity index (χ2v) is 4.29. The Balaban J connectivity index is 2.57. The predicted octanol–water partition coefficient (Wildman–Crippen LogP) is 2.18. The van der Waals surface area contributed by atoms with Crippen molar-refractivity contribution in [3.8, 4) is 0 Å². The largest absolute Gasteiger partial charge is 0.477 e. The summed E-state index contributed by atoms with van der Waals surface area (Å²) >= 11 is 0. The van der Waals surface area contributed by atoms with Crippen LogP contribution in [-0.2, 0) is 6.54 Å². The highest BCUT2D eigenvalue weighted by Crippen LogP contribution is 2.14. The van der Waals surface area contributed by atoms with E-state index in [1.54, 1.807) is 6.92 Å². The number of rotatable bonds is 3. The molecule has 0 aliphatic carbocycles. The first kappa shape index (κ1) is 13.9. The summed E-state index contributed by atoms with van der Waals surface area (Å²) in [5, 5.41) is 8.89. The van der Waals surface area contributed by atoms with Crippen molar-refractivity contribution in [2.24, 2.45) is 0 Å². The number of halogens is 2. The van der Waals surface area contributed by atoms with Crippen molar-refractivity contribution < 1.29 is 18.7 Å². The molecule has 104 valence electrons. The van der Waals surface area contributed by atoms with E-state index in [0.717, 1.165) is 16.7 Å². The fourth-order valence-corrected chi connectivity index (χ4v) is 1.87. The average molecular weight is 279 g/mol. The van der Waals surface area contributed by atoms with Crippen LogP contribution in [0.4, 0.5) is 8.78 Å². The Morgan fingerprint density at radius 2 is 1.80 bits per heavy atom. The first-order chi connectivity index (χ1) is 9.41. The lowest BCUT2D eigenvalue weighted by Crippen LogP contribution is -2.28. The number of aromatic carboxylic acids is 1. The molecule has 20 heavy (non-hydrogen) atoms. The fourth-order valence-electron chi connectivity index (χ4n) is 1.87. The number of aromatic nitrogens is 1. The maximum atomic E-state index is 13.6. The Hall–Kier alpha value is -2.50. The van der Waals surface area contributed by atoms with Gasteiger partial charge in [0.1, 0.15) is 17.2 Å². The van der Waals surface area contributed by atoms with E-state index in [0.29, 0.717) is 5.69 Å². The van der Waals surface area contributed by atoms with Crippen LogP contribution in [-0.4, -0.2) is 15.6 Å². The Morgan fingerprint density at radius 3 is 2.35 bits per heavy atom. The van der Waals surface area contributed by atoms with Crippen molar-refractivity contribution >= 4 is 5.97 Å². The van der Waals surface area contributed by atoms with Gasteiger partial charge in [0.05, 0.1) is 6.54 Å². The lowest BCUT2D eigenvalue weighted by Gasteiger charge is -2.12. The lowest BCUT2D eigenvalue weighted by molar-refractivity contribution is 0.0694. The molecule has 4 nitrogen and oxygen atoms in total. The van der Waals surface area contributed by atoms with Crippen molar-refractivity contribution in [2.75, 3.05) is 0 Å². The van der Waals surface area contributed by atoms with Gasteiger partial charge in [0, 0.05) is 11.3 Å². The van der Waals surface area contributed by atoms with Crippen LogP contribution in [0, 0.1) is 18.6 Å². The zero-order valence-electron chi connectivity index (χ0n) is 10.6. The van der Waals surface area contributed by atoms with E-state index in [1.807, 2.05) is 0 Å². The predicted molar refractivity (Wildman–Crippen MR) is 67.9 cm³/mol. The second-order valence-electron chi connectivity index (χ2n) is 4.29. The number of hydrogen-bond acceptors (Lipinski definition) is 2. The molecule has 1 heterocycles. The number of benzene rings is 1. The van der Waals surface area contributed by atoms with E-state index in [2.05, 4.69) is 0 Å². The molecule has 0 amide bonds. The molecule has 0 unspecified atom stereocenters. The molecule has 0 fully saturated rings. The Morgan fingerprint density at radius 1 is 1.20 bits per heavy atom. The molecule has 1 N–H and O–H groups in total. The van der Waals surface area contributed by atoms with Gasteiger partial charge in [-0.2, -0.15) is 0 Å². The van der Waals surface area contributed by atoms with Gasteiger partial charge in [0.15, 0.2) is 0 Å². The number of carbonyl (C=O) groups is 1. The van der Waals surface area contributed by atoms with Gasteiger partial charge in [0.25, 0.3) is 5.56 Å². The lowest BCUT2D eigenvalue weighted by atomic mass is 10.1. The molecule has 0 saturated heterocycles. The molecule has 2 rings (SSSR count). The third-order valence-electron chi connectivity index (χ3n) is 3.00. The molecule has 0 aliphatic heterocycles. The van der Waals surface area contributed by atoms with Crippen molar-refractivity contribution in [1.82, 2.24) is 4.57 Å². The third-order valence-corrected chi connectivity index (χ3v) is 3.00. The molecule has 0 spiro atoms. The SMILES string of the molecule is Cc1ccc(C(=O)O)c(=O)n1Cc1c(F)cccc1F. The van der Waals surface area contributed by atoms with Gasteiger partial charge in [-0.25, -0.2) is 13.6 Å². The number of aryl methyl sites for hydroxylation is 1. The van der Waals surface area contributed by atoms with Crippen LogP contribution < -0.4 is 5.56 Å². The fraction of sp³-hybridized carbons (Fsp3) is 0.143. The third kappa shape index (κ3) is 2.45. The van der Waals surface area contributed by atoms with Crippen LogP contribution in [0.15, 0.2) is 35.1 Å². The molecule has 0 bridgehead atoms. The highest BCUT2D eigenvalue weighted by Gasteiger charge is 2.15. The minimum Gasteiger partial charge on any atom is -0.477 e. The summed E-state index contributed by atoms with van der Waals surface area (Å²) in [6.45, 7) is 1.20. The number of pyridine rings is 1. The van der Waals surface area contributed by atoms with Crippen LogP contribution in [0.1, 0.15) is 21.6 Å². The Kier molecular flexibility index (Phi) is 3.65. The molecule has 0 radical (unpaired) electrons. The van der Waals surface area contributed by atoms with E-state index in [-0.39, 0.29) is 12.1 Å². The van der Waals surface area contributed by atoms with E-state index >= 15 is 0 Å². The summed E-state index contributed by atoms with van der Waals surface area (Å²) in [7, 11) is 0. The quantitative estimate of drug-likeness (QED) is 0.936. The van der Waals surface area contributed by atoms with E-state index < -0.39 is 28.7 Å². The Labute approximate surface area is 112 Å². The molecule has 6 heteroatoms. The van der Waals surface area contributed by atoms with Gasteiger partial charge in [-0.05, 0) is 31.2 Å². The minimum atomic E-state index is -1.38. The topological polar surface area (TPSA) is 59.3 Å². The summed E-state index contributed by atoms with van der Waals surface area (Å²) < 4.78 is 28.2. The molecule has 1 aromatic heterocycles. The van der Waals surface area contributed by atoms with Crippen LogP contribution in [0.3, 0.4) is 0 Å². The number of hydrogen-bond donors (Lipinski definition) is 1. The molecule has 1 aromatic carbocycles. The number of carboxylic acid groups (broad SMARTS) is 1. The number of carboxylic acids is 1. The molecule has 0 saturated carbocycles. The average Bonchev–Trinajstić information content (AvgIpc) is 2.36. The molecule has 0 aliphatic rings. The summed E-state index contributed by atoms with van der Waals surface area (Å²) in [4.78, 5) is 22.9. The normalized spacial score (nSPS) is 10.6. The maximum Gasteiger partial charge on any atom is 0.341 e. The van der Waals surface area contributed by atoms with Gasteiger partial charge >= 0.3 is 5.97 Å². The van der Waals surface area contributed by atoms with Crippen molar-refractivity contribution in [3.05, 3.63) is 69.1 Å². The van der Waals surface area contributed by atoms with E-state index in [9.17, 15) is 18.4 Å². The van der Waals surface area contributed by atoms with Crippen LogP contribution in [0.5, 0.6) is 0 Å². The first-order valence-corrected chi connectivity index (χ1v) is 5.78. The van der Waals surface area contributed by atoms with E-state index in [1.165, 1.54) is 18.2 Å². The summed E-state index contributed by atoms with van der Waals surface area (Å²) in [6.07, 6.45) is 0. The smallest absolute Gasteiger partial charge is 0.341 e. The highest BCUT2D eigenvalue weighted by atomic mass is 19.1. The zero-order chi connectivity index (χ0) is 14.9. The molecule has 0 atom stereocenters. The highest BCUT2D eigenvalue weighted by molar-refractivity contribution is 5.87. The minimum absolute atomic E-state index is 0.278.